The molecule has 1 unspecified atom stereocenters. The highest BCUT2D eigenvalue weighted by atomic mass is 32.2. The number of carbonyl (C=O) groups is 1. The van der Waals surface area contributed by atoms with Gasteiger partial charge < -0.3 is 9.73 Å². The summed E-state index contributed by atoms with van der Waals surface area (Å²) in [6, 6.07) is 5.86. The molecule has 1 aromatic carbocycles. The Morgan fingerprint density at radius 1 is 1.30 bits per heavy atom. The number of aryl methyl sites for hydroxylation is 1. The van der Waals surface area contributed by atoms with Gasteiger partial charge in [-0.3, -0.25) is 4.79 Å². The van der Waals surface area contributed by atoms with Crippen LogP contribution in [0.4, 0.5) is 5.69 Å². The Balaban J connectivity index is 1.69. The van der Waals surface area contributed by atoms with Crippen molar-refractivity contribution in [3.8, 4) is 0 Å². The molecular weight excluding hydrogens is 364 g/mol. The van der Waals surface area contributed by atoms with Gasteiger partial charge in [-0.2, -0.15) is 5.10 Å². The van der Waals surface area contributed by atoms with Gasteiger partial charge in [-0.05, 0) is 37.0 Å². The monoisotopic (exact) mass is 386 g/mol. The molecule has 3 aromatic rings. The minimum Gasteiger partial charge on any atom is -0.414 e. The molecule has 0 radical (unpaired) electrons. The predicted molar refractivity (Wildman–Crippen MR) is 102 cm³/mol. The Morgan fingerprint density at radius 2 is 2.11 bits per heavy atom. The van der Waals surface area contributed by atoms with E-state index in [1.165, 1.54) is 18.1 Å². The molecule has 27 heavy (non-hydrogen) atoms. The van der Waals surface area contributed by atoms with Crippen molar-refractivity contribution in [2.75, 3.05) is 5.32 Å². The van der Waals surface area contributed by atoms with Crippen LogP contribution in [0.2, 0.25) is 0 Å². The molecule has 0 saturated heterocycles. The molecule has 0 aliphatic heterocycles. The van der Waals surface area contributed by atoms with Crippen LogP contribution in [-0.2, 0) is 11.3 Å². The van der Waals surface area contributed by atoms with Gasteiger partial charge in [0.15, 0.2) is 0 Å². The number of nitrogens with zero attached hydrogens (tertiary/aromatic N) is 5. The first-order valence-electron chi connectivity index (χ1n) is 8.62. The van der Waals surface area contributed by atoms with Crippen molar-refractivity contribution >= 4 is 23.4 Å². The summed E-state index contributed by atoms with van der Waals surface area (Å²) >= 11 is 1.27. The van der Waals surface area contributed by atoms with Crippen LogP contribution in [0.1, 0.15) is 30.9 Å². The topological polar surface area (TPSA) is 98.7 Å². The zero-order valence-corrected chi connectivity index (χ0v) is 16.5. The fraction of sp³-hybridized carbons (Fsp3) is 0.389. The Hall–Kier alpha value is -2.68. The Labute approximate surface area is 161 Å². The van der Waals surface area contributed by atoms with Crippen molar-refractivity contribution in [2.45, 2.75) is 44.7 Å². The van der Waals surface area contributed by atoms with E-state index in [1.54, 1.807) is 11.0 Å². The van der Waals surface area contributed by atoms with E-state index in [1.807, 2.05) is 45.9 Å². The standard InChI is InChI=1S/C18H22N6O2S/c1-11(2)16(17(25)21-14-7-5-6-12(3)13(14)4)27-18-23-22-15(26-18)8-24-10-19-9-20-24/h5-7,9-11,16H,8H2,1-4H3,(H,21,25). The summed E-state index contributed by atoms with van der Waals surface area (Å²) in [5.41, 5.74) is 3.02. The third kappa shape index (κ3) is 4.73. The molecule has 0 saturated carbocycles. The van der Waals surface area contributed by atoms with Gasteiger partial charge in [0.05, 0.1) is 5.25 Å². The summed E-state index contributed by atoms with van der Waals surface area (Å²) in [6.07, 6.45) is 3.02. The van der Waals surface area contributed by atoms with Gasteiger partial charge in [0.25, 0.3) is 5.22 Å². The third-order valence-corrected chi connectivity index (χ3v) is 5.55. The molecule has 0 spiro atoms. The summed E-state index contributed by atoms with van der Waals surface area (Å²) in [4.78, 5) is 16.7. The quantitative estimate of drug-likeness (QED) is 0.623. The minimum absolute atomic E-state index is 0.0836. The second-order valence-electron chi connectivity index (χ2n) is 6.57. The van der Waals surface area contributed by atoms with Crippen LogP contribution < -0.4 is 5.32 Å². The average Bonchev–Trinajstić information content (AvgIpc) is 3.29. The highest BCUT2D eigenvalue weighted by molar-refractivity contribution is 8.00. The summed E-state index contributed by atoms with van der Waals surface area (Å²) in [5.74, 6) is 0.422. The summed E-state index contributed by atoms with van der Waals surface area (Å²) in [7, 11) is 0. The van der Waals surface area contributed by atoms with Crippen LogP contribution in [0.25, 0.3) is 0 Å². The molecule has 0 aliphatic carbocycles. The van der Waals surface area contributed by atoms with E-state index in [0.29, 0.717) is 17.7 Å². The van der Waals surface area contributed by atoms with Crippen LogP contribution >= 0.6 is 11.8 Å². The first kappa shape index (κ1) is 19.1. The molecular formula is C18H22N6O2S. The molecule has 0 bridgehead atoms. The van der Waals surface area contributed by atoms with Crippen molar-refractivity contribution in [1.82, 2.24) is 25.0 Å². The van der Waals surface area contributed by atoms with E-state index in [0.717, 1.165) is 16.8 Å². The lowest BCUT2D eigenvalue weighted by Crippen LogP contribution is -2.30. The average molecular weight is 386 g/mol. The molecule has 1 atom stereocenters. The summed E-state index contributed by atoms with van der Waals surface area (Å²) in [5, 5.41) is 15.1. The molecule has 2 heterocycles. The fourth-order valence-corrected chi connectivity index (χ4v) is 3.38. The molecule has 2 aromatic heterocycles. The number of nitrogens with one attached hydrogen (secondary N) is 1. The molecule has 3 rings (SSSR count). The van der Waals surface area contributed by atoms with E-state index >= 15 is 0 Å². The Kier molecular flexibility index (Phi) is 5.90. The van der Waals surface area contributed by atoms with Crippen molar-refractivity contribution < 1.29 is 9.21 Å². The second-order valence-corrected chi connectivity index (χ2v) is 7.67. The Bertz CT molecular complexity index is 906. The van der Waals surface area contributed by atoms with E-state index < -0.39 is 0 Å². The molecule has 1 amide bonds. The van der Waals surface area contributed by atoms with Crippen molar-refractivity contribution in [3.05, 3.63) is 47.9 Å². The largest absolute Gasteiger partial charge is 0.414 e. The molecule has 0 aliphatic rings. The highest BCUT2D eigenvalue weighted by Gasteiger charge is 2.26. The van der Waals surface area contributed by atoms with Crippen molar-refractivity contribution in [1.29, 1.82) is 0 Å². The van der Waals surface area contributed by atoms with Crippen molar-refractivity contribution in [3.63, 3.8) is 0 Å². The number of anilines is 1. The zero-order valence-electron chi connectivity index (χ0n) is 15.7. The summed E-state index contributed by atoms with van der Waals surface area (Å²) in [6.45, 7) is 8.35. The maximum atomic E-state index is 12.8. The first-order chi connectivity index (χ1) is 12.9. The van der Waals surface area contributed by atoms with Crippen LogP contribution in [0.15, 0.2) is 40.5 Å². The van der Waals surface area contributed by atoms with Crippen LogP contribution in [0.5, 0.6) is 0 Å². The van der Waals surface area contributed by atoms with Gasteiger partial charge in [0.1, 0.15) is 19.2 Å². The maximum absolute atomic E-state index is 12.8. The number of hydrogen-bond acceptors (Lipinski definition) is 7. The minimum atomic E-state index is -0.357. The third-order valence-electron chi connectivity index (χ3n) is 4.17. The van der Waals surface area contributed by atoms with Gasteiger partial charge in [-0.1, -0.05) is 37.7 Å². The number of thioether (sulfide) groups is 1. The fourth-order valence-electron chi connectivity index (χ4n) is 2.49. The lowest BCUT2D eigenvalue weighted by Gasteiger charge is -2.19. The number of amides is 1. The number of benzene rings is 1. The number of rotatable bonds is 7. The lowest BCUT2D eigenvalue weighted by atomic mass is 10.1. The number of hydrogen-bond donors (Lipinski definition) is 1. The molecule has 0 fully saturated rings. The van der Waals surface area contributed by atoms with Crippen LogP contribution in [0, 0.1) is 19.8 Å². The SMILES string of the molecule is Cc1cccc(NC(=O)C(Sc2nnc(Cn3cncn3)o2)C(C)C)c1C. The van der Waals surface area contributed by atoms with Crippen LogP contribution in [-0.4, -0.2) is 36.1 Å². The Morgan fingerprint density at radius 3 is 2.81 bits per heavy atom. The van der Waals surface area contributed by atoms with Gasteiger partial charge in [-0.15, -0.1) is 10.2 Å². The van der Waals surface area contributed by atoms with E-state index in [2.05, 4.69) is 25.6 Å². The van der Waals surface area contributed by atoms with Crippen molar-refractivity contribution in [2.24, 2.45) is 5.92 Å². The predicted octanol–water partition coefficient (Wildman–Crippen LogP) is 3.08. The highest BCUT2D eigenvalue weighted by Crippen LogP contribution is 2.29. The van der Waals surface area contributed by atoms with E-state index in [4.69, 9.17) is 4.42 Å². The van der Waals surface area contributed by atoms with Crippen LogP contribution in [0.3, 0.4) is 0 Å². The van der Waals surface area contributed by atoms with Gasteiger partial charge in [0, 0.05) is 5.69 Å². The smallest absolute Gasteiger partial charge is 0.277 e. The molecule has 8 nitrogen and oxygen atoms in total. The normalized spacial score (nSPS) is 12.3. The van der Waals surface area contributed by atoms with Gasteiger partial charge in [-0.25, -0.2) is 9.67 Å². The molecule has 142 valence electrons. The first-order valence-corrected chi connectivity index (χ1v) is 9.50. The summed E-state index contributed by atoms with van der Waals surface area (Å²) < 4.78 is 7.25. The number of aromatic nitrogens is 5. The van der Waals surface area contributed by atoms with Gasteiger partial charge >= 0.3 is 0 Å². The van der Waals surface area contributed by atoms with E-state index in [9.17, 15) is 4.79 Å². The molecule has 9 heteroatoms. The second kappa shape index (κ2) is 8.34. The maximum Gasteiger partial charge on any atom is 0.277 e. The van der Waals surface area contributed by atoms with E-state index in [-0.39, 0.29) is 17.1 Å². The molecule has 1 N–H and O–H groups in total. The lowest BCUT2D eigenvalue weighted by molar-refractivity contribution is -0.116. The number of carbonyl (C=O) groups excluding carboxylic acids is 1. The zero-order chi connectivity index (χ0) is 19.4. The van der Waals surface area contributed by atoms with Gasteiger partial charge in [0.2, 0.25) is 11.8 Å².